The Morgan fingerprint density at radius 3 is 2.05 bits per heavy atom. The summed E-state index contributed by atoms with van der Waals surface area (Å²) < 4.78 is 0. The molecule has 0 aliphatic rings. The molecule has 1 N–H and O–H groups in total. The summed E-state index contributed by atoms with van der Waals surface area (Å²) in [6.07, 6.45) is 2.46. The van der Waals surface area contributed by atoms with Crippen LogP contribution in [-0.4, -0.2) is 21.8 Å². The summed E-state index contributed by atoms with van der Waals surface area (Å²) in [7, 11) is 0. The minimum Gasteiger partial charge on any atom is -0.543 e. The Bertz CT molecular complexity index is 703. The molecule has 0 unspecified atom stereocenters. The van der Waals surface area contributed by atoms with E-state index in [-0.39, 0.29) is 5.69 Å². The number of carboxylic acid groups (broad SMARTS) is 1. The summed E-state index contributed by atoms with van der Waals surface area (Å²) in [6.45, 7) is 5.69. The van der Waals surface area contributed by atoms with Gasteiger partial charge in [-0.2, -0.15) is 0 Å². The molecule has 0 aliphatic heterocycles. The van der Waals surface area contributed by atoms with Gasteiger partial charge in [-0.1, -0.05) is 17.7 Å². The average molecular weight is 284 g/mol. The molecule has 0 spiro atoms. The molecule has 1 aromatic carbocycles. The van der Waals surface area contributed by atoms with Crippen molar-refractivity contribution in [1.29, 1.82) is 0 Å². The van der Waals surface area contributed by atoms with E-state index in [4.69, 9.17) is 0 Å². The molecular formula is C15H14N3O3-. The van der Waals surface area contributed by atoms with Gasteiger partial charge in [-0.15, -0.1) is 0 Å². The standard InChI is InChI=1S/C15H15N3O3/c1-8-6-9(2)11(10(3)7-8)18-14(19)12-13(15(20)21)17-5-4-16-12/h4-7H,1-3H3,(H,18,19)(H,20,21)/p-1. The highest BCUT2D eigenvalue weighted by Gasteiger charge is 2.16. The normalized spacial score (nSPS) is 10.2. The Labute approximate surface area is 121 Å². The summed E-state index contributed by atoms with van der Waals surface area (Å²) in [6, 6.07) is 3.86. The molecule has 0 saturated heterocycles. The van der Waals surface area contributed by atoms with E-state index in [9.17, 15) is 14.7 Å². The number of anilines is 1. The van der Waals surface area contributed by atoms with Crippen LogP contribution in [0.2, 0.25) is 0 Å². The molecule has 0 fully saturated rings. The van der Waals surface area contributed by atoms with Gasteiger partial charge in [0.25, 0.3) is 5.91 Å². The Balaban J connectivity index is 2.38. The third-order valence-corrected chi connectivity index (χ3v) is 3.02. The molecule has 108 valence electrons. The summed E-state index contributed by atoms with van der Waals surface area (Å²) in [5, 5.41) is 13.6. The maximum absolute atomic E-state index is 12.2. The lowest BCUT2D eigenvalue weighted by atomic mass is 10.0. The second-order valence-corrected chi connectivity index (χ2v) is 4.77. The van der Waals surface area contributed by atoms with Gasteiger partial charge in [0, 0.05) is 18.1 Å². The quantitative estimate of drug-likeness (QED) is 0.907. The highest BCUT2D eigenvalue weighted by molar-refractivity contribution is 6.08. The van der Waals surface area contributed by atoms with Crippen LogP contribution in [0, 0.1) is 20.8 Å². The zero-order chi connectivity index (χ0) is 15.6. The highest BCUT2D eigenvalue weighted by Crippen LogP contribution is 2.22. The lowest BCUT2D eigenvalue weighted by molar-refractivity contribution is -0.255. The molecule has 6 nitrogen and oxygen atoms in total. The molecule has 0 bridgehead atoms. The van der Waals surface area contributed by atoms with Crippen LogP contribution in [0.15, 0.2) is 24.5 Å². The first-order chi connectivity index (χ1) is 9.90. The van der Waals surface area contributed by atoms with Crippen LogP contribution in [-0.2, 0) is 0 Å². The van der Waals surface area contributed by atoms with Crippen molar-refractivity contribution < 1.29 is 14.7 Å². The number of nitrogens with one attached hydrogen (secondary N) is 1. The number of aryl methyl sites for hydroxylation is 3. The zero-order valence-electron chi connectivity index (χ0n) is 11.9. The largest absolute Gasteiger partial charge is 0.543 e. The maximum Gasteiger partial charge on any atom is 0.276 e. The number of aromatic carboxylic acids is 1. The maximum atomic E-state index is 12.2. The number of hydrogen-bond donors (Lipinski definition) is 1. The lowest BCUT2D eigenvalue weighted by Gasteiger charge is -2.13. The first kappa shape index (κ1) is 14.6. The van der Waals surface area contributed by atoms with Gasteiger partial charge in [0.15, 0.2) is 5.69 Å². The zero-order valence-corrected chi connectivity index (χ0v) is 11.9. The van der Waals surface area contributed by atoms with Gasteiger partial charge >= 0.3 is 0 Å². The highest BCUT2D eigenvalue weighted by atomic mass is 16.4. The van der Waals surface area contributed by atoms with Gasteiger partial charge in [0.1, 0.15) is 5.69 Å². The van der Waals surface area contributed by atoms with Crippen molar-refractivity contribution in [2.45, 2.75) is 20.8 Å². The number of carboxylic acids is 1. The fourth-order valence-electron chi connectivity index (χ4n) is 2.20. The van der Waals surface area contributed by atoms with Crippen molar-refractivity contribution in [1.82, 2.24) is 9.97 Å². The van der Waals surface area contributed by atoms with E-state index in [0.717, 1.165) is 16.7 Å². The molecule has 6 heteroatoms. The average Bonchev–Trinajstić information content (AvgIpc) is 2.42. The SMILES string of the molecule is Cc1cc(C)c(NC(=O)c2nccnc2C(=O)[O-])c(C)c1. The second kappa shape index (κ2) is 5.70. The summed E-state index contributed by atoms with van der Waals surface area (Å²) in [4.78, 5) is 30.6. The second-order valence-electron chi connectivity index (χ2n) is 4.77. The molecule has 0 radical (unpaired) electrons. The molecule has 0 atom stereocenters. The smallest absolute Gasteiger partial charge is 0.276 e. The number of rotatable bonds is 3. The Hall–Kier alpha value is -2.76. The van der Waals surface area contributed by atoms with E-state index >= 15 is 0 Å². The van der Waals surface area contributed by atoms with E-state index in [1.54, 1.807) is 0 Å². The fraction of sp³-hybridized carbons (Fsp3) is 0.200. The van der Waals surface area contributed by atoms with Gasteiger partial charge in [-0.3, -0.25) is 9.78 Å². The van der Waals surface area contributed by atoms with Crippen LogP contribution in [0.4, 0.5) is 5.69 Å². The van der Waals surface area contributed by atoms with Crippen LogP contribution >= 0.6 is 0 Å². The number of aromatic nitrogens is 2. The summed E-state index contributed by atoms with van der Waals surface area (Å²) in [5.41, 5.74) is 2.76. The van der Waals surface area contributed by atoms with Crippen LogP contribution in [0.5, 0.6) is 0 Å². The van der Waals surface area contributed by atoms with Gasteiger partial charge in [-0.05, 0) is 31.9 Å². The van der Waals surface area contributed by atoms with Crippen molar-refractivity contribution in [3.8, 4) is 0 Å². The molecule has 1 amide bonds. The van der Waals surface area contributed by atoms with Gasteiger partial charge in [0.2, 0.25) is 0 Å². The van der Waals surface area contributed by atoms with Gasteiger partial charge < -0.3 is 15.2 Å². The first-order valence-electron chi connectivity index (χ1n) is 6.31. The fourth-order valence-corrected chi connectivity index (χ4v) is 2.20. The predicted molar refractivity (Wildman–Crippen MR) is 75.0 cm³/mol. The van der Waals surface area contributed by atoms with Gasteiger partial charge in [0.05, 0.1) is 5.97 Å². The van der Waals surface area contributed by atoms with E-state index in [1.165, 1.54) is 12.4 Å². The molecule has 2 aromatic rings. The van der Waals surface area contributed by atoms with Crippen LogP contribution in [0.1, 0.15) is 37.7 Å². The van der Waals surface area contributed by atoms with E-state index in [1.807, 2.05) is 32.9 Å². The summed E-state index contributed by atoms with van der Waals surface area (Å²) in [5.74, 6) is -2.16. The molecule has 2 rings (SSSR count). The number of amides is 1. The number of nitrogens with zero attached hydrogens (tertiary/aromatic N) is 2. The molecule has 0 saturated carbocycles. The van der Waals surface area contributed by atoms with Crippen LogP contribution < -0.4 is 10.4 Å². The third kappa shape index (κ3) is 3.05. The third-order valence-electron chi connectivity index (χ3n) is 3.02. The number of carbonyl (C=O) groups is 2. The van der Waals surface area contributed by atoms with Crippen LogP contribution in [0.25, 0.3) is 0 Å². The van der Waals surface area contributed by atoms with Crippen LogP contribution in [0.3, 0.4) is 0 Å². The van der Waals surface area contributed by atoms with Gasteiger partial charge in [-0.25, -0.2) is 4.98 Å². The first-order valence-corrected chi connectivity index (χ1v) is 6.31. The Morgan fingerprint density at radius 2 is 1.52 bits per heavy atom. The van der Waals surface area contributed by atoms with Crippen molar-refractivity contribution in [2.24, 2.45) is 0 Å². The van der Waals surface area contributed by atoms with Crippen molar-refractivity contribution in [3.05, 3.63) is 52.6 Å². The molecule has 1 aromatic heterocycles. The molecule has 21 heavy (non-hydrogen) atoms. The number of hydrogen-bond acceptors (Lipinski definition) is 5. The van der Waals surface area contributed by atoms with Crippen molar-refractivity contribution >= 4 is 17.6 Å². The topological polar surface area (TPSA) is 95.0 Å². The monoisotopic (exact) mass is 284 g/mol. The number of benzene rings is 1. The summed E-state index contributed by atoms with van der Waals surface area (Å²) >= 11 is 0. The Kier molecular flexibility index (Phi) is 3.98. The van der Waals surface area contributed by atoms with E-state index in [2.05, 4.69) is 15.3 Å². The van der Waals surface area contributed by atoms with Crippen molar-refractivity contribution in [2.75, 3.05) is 5.32 Å². The van der Waals surface area contributed by atoms with E-state index < -0.39 is 17.6 Å². The number of carbonyl (C=O) groups excluding carboxylic acids is 2. The lowest BCUT2D eigenvalue weighted by Crippen LogP contribution is -2.28. The molecular weight excluding hydrogens is 270 g/mol. The minimum absolute atomic E-state index is 0.267. The molecule has 1 heterocycles. The Morgan fingerprint density at radius 1 is 1.00 bits per heavy atom. The minimum atomic E-state index is -1.54. The van der Waals surface area contributed by atoms with Crippen molar-refractivity contribution in [3.63, 3.8) is 0 Å². The van der Waals surface area contributed by atoms with E-state index in [0.29, 0.717) is 5.69 Å². The molecule has 0 aliphatic carbocycles. The predicted octanol–water partition coefficient (Wildman–Crippen LogP) is 1.02.